The van der Waals surface area contributed by atoms with Crippen LogP contribution in [0.1, 0.15) is 35.9 Å². The summed E-state index contributed by atoms with van der Waals surface area (Å²) >= 11 is 7.73. The summed E-state index contributed by atoms with van der Waals surface area (Å²) in [6.45, 7) is 4.66. The van der Waals surface area contributed by atoms with Crippen LogP contribution in [-0.4, -0.2) is 36.4 Å². The molecule has 188 valence electrons. The zero-order valence-corrected chi connectivity index (χ0v) is 21.9. The van der Waals surface area contributed by atoms with Crippen LogP contribution in [0.4, 0.5) is 5.13 Å². The number of carbonyl (C=O) groups is 1. The zero-order chi connectivity index (χ0) is 25.9. The first-order valence-corrected chi connectivity index (χ1v) is 12.6. The van der Waals surface area contributed by atoms with Gasteiger partial charge < -0.3 is 14.2 Å². The minimum atomic E-state index is -0.584. The van der Waals surface area contributed by atoms with E-state index < -0.39 is 5.91 Å². The normalized spacial score (nSPS) is 11.0. The second-order valence-electron chi connectivity index (χ2n) is 7.77. The largest absolute Gasteiger partial charge is 0.493 e. The highest BCUT2D eigenvalue weighted by atomic mass is 35.5. The fraction of sp³-hybridized carbons (Fsp3) is 0.308. The summed E-state index contributed by atoms with van der Waals surface area (Å²) in [6, 6.07) is 12.9. The maximum absolute atomic E-state index is 12.6. The molecule has 0 radical (unpaired) electrons. The van der Waals surface area contributed by atoms with Gasteiger partial charge in [-0.1, -0.05) is 54.0 Å². The molecule has 3 aromatic rings. The first-order valence-electron chi connectivity index (χ1n) is 11.4. The minimum absolute atomic E-state index is 0.112. The smallest absolute Gasteiger partial charge is 0.268 e. The van der Waals surface area contributed by atoms with E-state index in [-0.39, 0.29) is 17.2 Å². The number of benzene rings is 2. The Balaban J connectivity index is 1.65. The Labute approximate surface area is 219 Å². The third-order valence-corrected chi connectivity index (χ3v) is 6.16. The fourth-order valence-electron chi connectivity index (χ4n) is 3.11. The van der Waals surface area contributed by atoms with Gasteiger partial charge in [0.25, 0.3) is 5.91 Å². The number of hydrogen-bond donors (Lipinski definition) is 1. The number of halogens is 1. The van der Waals surface area contributed by atoms with Gasteiger partial charge in [-0.15, -0.1) is 10.2 Å². The highest BCUT2D eigenvalue weighted by molar-refractivity contribution is 7.15. The Morgan fingerprint density at radius 3 is 2.64 bits per heavy atom. The highest BCUT2D eigenvalue weighted by Gasteiger charge is 2.16. The van der Waals surface area contributed by atoms with Crippen molar-refractivity contribution in [3.8, 4) is 23.3 Å². The van der Waals surface area contributed by atoms with Gasteiger partial charge in [0.1, 0.15) is 35.6 Å². The summed E-state index contributed by atoms with van der Waals surface area (Å²) in [5, 5.41) is 21.7. The number of aryl methyl sites for hydroxylation is 2. The maximum atomic E-state index is 12.6. The van der Waals surface area contributed by atoms with Crippen LogP contribution >= 0.6 is 22.9 Å². The molecular formula is C26H27ClN4O4S. The topological polar surface area (TPSA) is 106 Å². The number of nitrogens with one attached hydrogen (secondary N) is 1. The first-order chi connectivity index (χ1) is 17.4. The van der Waals surface area contributed by atoms with Crippen molar-refractivity contribution in [1.29, 1.82) is 5.26 Å². The minimum Gasteiger partial charge on any atom is -0.493 e. The molecule has 0 bridgehead atoms. The lowest BCUT2D eigenvalue weighted by Crippen LogP contribution is -2.13. The Morgan fingerprint density at radius 1 is 1.19 bits per heavy atom. The monoisotopic (exact) mass is 526 g/mol. The van der Waals surface area contributed by atoms with Crippen LogP contribution in [0.2, 0.25) is 5.02 Å². The third-order valence-electron chi connectivity index (χ3n) is 4.98. The summed E-state index contributed by atoms with van der Waals surface area (Å²) in [5.74, 6) is 0.877. The van der Waals surface area contributed by atoms with Gasteiger partial charge >= 0.3 is 0 Å². The van der Waals surface area contributed by atoms with Gasteiger partial charge in [-0.05, 0) is 49.2 Å². The Morgan fingerprint density at radius 2 is 1.94 bits per heavy atom. The third kappa shape index (κ3) is 7.70. The number of amides is 1. The van der Waals surface area contributed by atoms with Crippen LogP contribution in [0.25, 0.3) is 6.08 Å². The highest BCUT2D eigenvalue weighted by Crippen LogP contribution is 2.37. The molecule has 1 aromatic heterocycles. The SMILES string of the molecule is CCCCc1nnc(NC(=O)/C(C#N)=C\c2cc(Cl)c(OCCOc3ccc(C)cc3)c(OC)c2)s1. The first kappa shape index (κ1) is 27.0. The molecule has 0 fully saturated rings. The molecule has 0 unspecified atom stereocenters. The van der Waals surface area contributed by atoms with E-state index in [1.54, 1.807) is 12.1 Å². The van der Waals surface area contributed by atoms with Gasteiger partial charge in [0.2, 0.25) is 5.13 Å². The van der Waals surface area contributed by atoms with Crippen molar-refractivity contribution >= 4 is 40.1 Å². The number of unbranched alkanes of at least 4 members (excludes halogenated alkanes) is 1. The summed E-state index contributed by atoms with van der Waals surface area (Å²) in [7, 11) is 1.48. The van der Waals surface area contributed by atoms with Crippen molar-refractivity contribution in [2.45, 2.75) is 33.1 Å². The number of aromatic nitrogens is 2. The number of carbonyl (C=O) groups excluding carboxylic acids is 1. The van der Waals surface area contributed by atoms with Gasteiger partial charge in [0.05, 0.1) is 12.1 Å². The van der Waals surface area contributed by atoms with E-state index in [1.807, 2.05) is 37.3 Å². The van der Waals surface area contributed by atoms with Crippen LogP contribution in [0.5, 0.6) is 17.2 Å². The molecule has 1 N–H and O–H groups in total. The van der Waals surface area contributed by atoms with E-state index in [2.05, 4.69) is 22.4 Å². The second-order valence-corrected chi connectivity index (χ2v) is 9.24. The number of nitriles is 1. The van der Waals surface area contributed by atoms with Crippen molar-refractivity contribution in [2.75, 3.05) is 25.6 Å². The van der Waals surface area contributed by atoms with Crippen molar-refractivity contribution in [3.05, 3.63) is 63.1 Å². The lowest BCUT2D eigenvalue weighted by Gasteiger charge is -2.14. The predicted octanol–water partition coefficient (Wildman–Crippen LogP) is 5.85. The molecule has 0 aliphatic carbocycles. The van der Waals surface area contributed by atoms with Crippen molar-refractivity contribution in [1.82, 2.24) is 10.2 Å². The molecule has 0 spiro atoms. The molecule has 1 heterocycles. The number of anilines is 1. The quantitative estimate of drug-likeness (QED) is 0.179. The molecule has 1 amide bonds. The second kappa shape index (κ2) is 13.5. The van der Waals surface area contributed by atoms with Crippen LogP contribution < -0.4 is 19.5 Å². The van der Waals surface area contributed by atoms with E-state index in [1.165, 1.54) is 24.5 Å². The predicted molar refractivity (Wildman–Crippen MR) is 141 cm³/mol. The van der Waals surface area contributed by atoms with Crippen molar-refractivity contribution in [3.63, 3.8) is 0 Å². The zero-order valence-electron chi connectivity index (χ0n) is 20.3. The van der Waals surface area contributed by atoms with E-state index in [0.29, 0.717) is 28.8 Å². The fourth-order valence-corrected chi connectivity index (χ4v) is 4.16. The number of rotatable bonds is 12. The molecule has 0 aliphatic heterocycles. The van der Waals surface area contributed by atoms with Crippen molar-refractivity contribution < 1.29 is 19.0 Å². The molecule has 10 heteroatoms. The van der Waals surface area contributed by atoms with Crippen LogP contribution in [-0.2, 0) is 11.2 Å². The summed E-state index contributed by atoms with van der Waals surface area (Å²) in [6.07, 6.45) is 4.26. The number of ether oxygens (including phenoxy) is 3. The molecule has 0 saturated carbocycles. The van der Waals surface area contributed by atoms with Gasteiger partial charge in [0.15, 0.2) is 11.5 Å². The molecule has 0 saturated heterocycles. The summed E-state index contributed by atoms with van der Waals surface area (Å²) < 4.78 is 16.9. The molecule has 0 aliphatic rings. The van der Waals surface area contributed by atoms with Gasteiger partial charge in [-0.3, -0.25) is 10.1 Å². The van der Waals surface area contributed by atoms with E-state index in [0.717, 1.165) is 35.6 Å². The van der Waals surface area contributed by atoms with E-state index >= 15 is 0 Å². The van der Waals surface area contributed by atoms with Gasteiger partial charge in [0, 0.05) is 6.42 Å². The Hall–Kier alpha value is -3.61. The van der Waals surface area contributed by atoms with Gasteiger partial charge in [-0.2, -0.15) is 5.26 Å². The number of nitrogens with zero attached hydrogens (tertiary/aromatic N) is 3. The lowest BCUT2D eigenvalue weighted by atomic mass is 10.1. The molecular weight excluding hydrogens is 500 g/mol. The van der Waals surface area contributed by atoms with E-state index in [4.69, 9.17) is 25.8 Å². The van der Waals surface area contributed by atoms with Crippen LogP contribution in [0.15, 0.2) is 42.0 Å². The molecule has 3 rings (SSSR count). The lowest BCUT2D eigenvalue weighted by molar-refractivity contribution is -0.112. The molecule has 2 aromatic carbocycles. The average molecular weight is 527 g/mol. The Bertz CT molecular complexity index is 1250. The Kier molecular flexibility index (Phi) is 10.1. The summed E-state index contributed by atoms with van der Waals surface area (Å²) in [5.41, 5.74) is 1.55. The van der Waals surface area contributed by atoms with Crippen LogP contribution in [0.3, 0.4) is 0 Å². The molecule has 8 nitrogen and oxygen atoms in total. The van der Waals surface area contributed by atoms with E-state index in [9.17, 15) is 10.1 Å². The number of hydrogen-bond acceptors (Lipinski definition) is 8. The van der Waals surface area contributed by atoms with Crippen LogP contribution in [0, 0.1) is 18.3 Å². The molecule has 36 heavy (non-hydrogen) atoms. The maximum Gasteiger partial charge on any atom is 0.268 e. The molecule has 0 atom stereocenters. The van der Waals surface area contributed by atoms with Gasteiger partial charge in [-0.25, -0.2) is 0 Å². The van der Waals surface area contributed by atoms with Crippen molar-refractivity contribution in [2.24, 2.45) is 0 Å². The average Bonchev–Trinajstić information content (AvgIpc) is 3.32. The standard InChI is InChI=1S/C26H27ClN4O4S/c1-4-5-6-23-30-31-26(36-23)29-25(32)19(16-28)13-18-14-21(27)24(22(15-18)33-3)35-12-11-34-20-9-7-17(2)8-10-20/h7-10,13-15H,4-6,11-12H2,1-3H3,(H,29,31,32)/b19-13-. The summed E-state index contributed by atoms with van der Waals surface area (Å²) in [4.78, 5) is 12.6. The number of methoxy groups -OCH3 is 1.